The second-order valence-electron chi connectivity index (χ2n) is 13.1. The largest absolute Gasteiger partial charge is 0.356 e. The lowest BCUT2D eigenvalue weighted by Crippen LogP contribution is -2.26. The smallest absolute Gasteiger partial charge is 0.220 e. The number of allylic oxidation sites excluding steroid dienone is 1. The average molecular weight is 692 g/mol. The molecule has 2 fully saturated rings. The zero-order valence-electron chi connectivity index (χ0n) is 33.8. The number of benzene rings is 2. The molecule has 0 saturated heterocycles. The van der Waals surface area contributed by atoms with Crippen LogP contribution >= 0.6 is 0 Å². The molecule has 3 N–H and O–H groups in total. The molecule has 4 rings (SSSR count). The molecule has 0 spiro atoms. The maximum absolute atomic E-state index is 11.6. The molecule has 0 bridgehead atoms. The van der Waals surface area contributed by atoms with E-state index < -0.39 is 0 Å². The molecule has 2 aromatic rings. The van der Waals surface area contributed by atoms with Crippen molar-refractivity contribution in [3.8, 4) is 0 Å². The molecule has 5 heteroatoms. The number of unbranched alkanes of at least 4 members (excludes halogenated alkanes) is 6. The van der Waals surface area contributed by atoms with Crippen LogP contribution in [-0.2, 0) is 9.59 Å². The van der Waals surface area contributed by atoms with E-state index in [1.165, 1.54) is 88.2 Å². The number of rotatable bonds is 15. The summed E-state index contributed by atoms with van der Waals surface area (Å²) in [5, 5.41) is 2.97. The van der Waals surface area contributed by atoms with Crippen LogP contribution in [0.4, 0.5) is 0 Å². The van der Waals surface area contributed by atoms with E-state index in [-0.39, 0.29) is 11.7 Å². The molecule has 0 atom stereocenters. The molecule has 5 nitrogen and oxygen atoms in total. The summed E-state index contributed by atoms with van der Waals surface area (Å²) < 4.78 is 0. The lowest BCUT2D eigenvalue weighted by Gasteiger charge is -2.09. The quantitative estimate of drug-likeness (QED) is 0.111. The molecular formula is C45H77N3O2. The number of aryl methyl sites for hydroxylation is 1. The van der Waals surface area contributed by atoms with Crippen LogP contribution in [0.2, 0.25) is 0 Å². The molecule has 2 saturated carbocycles. The Morgan fingerprint density at radius 2 is 1.28 bits per heavy atom. The zero-order valence-corrected chi connectivity index (χ0v) is 33.8. The van der Waals surface area contributed by atoms with Gasteiger partial charge in [0, 0.05) is 24.9 Å². The van der Waals surface area contributed by atoms with Crippen LogP contribution < -0.4 is 11.1 Å². The summed E-state index contributed by atoms with van der Waals surface area (Å²) in [6.07, 6.45) is 20.9. The van der Waals surface area contributed by atoms with Crippen LogP contribution in [0.5, 0.6) is 0 Å². The number of nitrogens with one attached hydrogen (secondary N) is 1. The first-order valence-corrected chi connectivity index (χ1v) is 20.0. The first kappa shape index (κ1) is 49.1. The summed E-state index contributed by atoms with van der Waals surface area (Å²) in [6.45, 7) is 21.4. The third kappa shape index (κ3) is 29.8. The summed E-state index contributed by atoms with van der Waals surface area (Å²) in [4.78, 5) is 26.5. The van der Waals surface area contributed by atoms with Gasteiger partial charge < -0.3 is 15.8 Å². The Balaban J connectivity index is 0. The summed E-state index contributed by atoms with van der Waals surface area (Å²) in [6, 6.07) is 18.6. The van der Waals surface area contributed by atoms with Crippen molar-refractivity contribution in [3.63, 3.8) is 0 Å². The standard InChI is InChI=1S/C17H17N.C14H25NO2.C7H16.C3H6.C2H7N.C2H6/c1-13-9-11-16(12-10-13)17(18-3)14(2)15-7-5-4-6-8-15;1-12(16)7-3-2-6-10-15-14(17)11-13-8-4-5-9-13;1-3-5-7-6-4-2;1-2-3-1;1-2-3;1-2/h4-12H,3H2,1-2H3;13H,2-11H2,1H3,(H,15,17);3-7H2,1-2H3;1-3H2;2-3H2,1H3;1-2H3/b17-14+;;;;;. The molecule has 0 aliphatic heterocycles. The Labute approximate surface area is 309 Å². The molecule has 0 unspecified atom stereocenters. The molecule has 1 amide bonds. The second kappa shape index (κ2) is 35.8. The van der Waals surface area contributed by atoms with Crippen LogP contribution in [0.1, 0.15) is 174 Å². The Morgan fingerprint density at radius 3 is 1.74 bits per heavy atom. The number of Topliss-reactive ketones (excluding diaryl/α,β-unsaturated/α-hetero) is 1. The molecule has 284 valence electrons. The zero-order chi connectivity index (χ0) is 37.8. The fourth-order valence-electron chi connectivity index (χ4n) is 5.09. The van der Waals surface area contributed by atoms with Crippen LogP contribution in [-0.4, -0.2) is 31.5 Å². The number of nitrogens with two attached hydrogens (primary N) is 1. The van der Waals surface area contributed by atoms with Gasteiger partial charge in [-0.05, 0) is 76.8 Å². The number of amides is 1. The molecule has 0 heterocycles. The van der Waals surface area contributed by atoms with E-state index in [2.05, 4.69) is 81.1 Å². The molecule has 50 heavy (non-hydrogen) atoms. The van der Waals surface area contributed by atoms with Gasteiger partial charge in [0.05, 0.1) is 5.70 Å². The van der Waals surface area contributed by atoms with Gasteiger partial charge in [0.25, 0.3) is 0 Å². The first-order chi connectivity index (χ1) is 24.2. The monoisotopic (exact) mass is 692 g/mol. The van der Waals surface area contributed by atoms with Crippen molar-refractivity contribution in [2.45, 2.75) is 165 Å². The molecular weight excluding hydrogens is 615 g/mol. The summed E-state index contributed by atoms with van der Waals surface area (Å²) >= 11 is 0. The molecule has 0 aromatic heterocycles. The Morgan fingerprint density at radius 1 is 0.760 bits per heavy atom. The Hall–Kier alpha value is -3.05. The fourth-order valence-corrected chi connectivity index (χ4v) is 5.09. The highest BCUT2D eigenvalue weighted by atomic mass is 16.1. The van der Waals surface area contributed by atoms with Gasteiger partial charge in [-0.2, -0.15) is 0 Å². The van der Waals surface area contributed by atoms with Crippen molar-refractivity contribution in [1.82, 2.24) is 5.32 Å². The number of aliphatic imine (C=N–C) groups is 1. The molecule has 2 aromatic carbocycles. The summed E-state index contributed by atoms with van der Waals surface area (Å²) in [5.41, 5.74) is 10.5. The molecule has 0 radical (unpaired) electrons. The van der Waals surface area contributed by atoms with E-state index in [0.717, 1.165) is 49.2 Å². The first-order valence-electron chi connectivity index (χ1n) is 20.0. The van der Waals surface area contributed by atoms with Gasteiger partial charge in [-0.15, -0.1) is 0 Å². The summed E-state index contributed by atoms with van der Waals surface area (Å²) in [5.74, 6) is 1.10. The minimum atomic E-state index is 0.212. The minimum Gasteiger partial charge on any atom is -0.356 e. The van der Waals surface area contributed by atoms with Gasteiger partial charge in [0.15, 0.2) is 0 Å². The van der Waals surface area contributed by atoms with Gasteiger partial charge in [-0.3, -0.25) is 9.79 Å². The average Bonchev–Trinajstić information content (AvgIpc) is 3.93. The Kier molecular flexibility index (Phi) is 35.1. The van der Waals surface area contributed by atoms with E-state index in [0.29, 0.717) is 18.8 Å². The summed E-state index contributed by atoms with van der Waals surface area (Å²) in [7, 11) is 0. The van der Waals surface area contributed by atoms with Crippen LogP contribution in [0.15, 0.2) is 59.6 Å². The van der Waals surface area contributed by atoms with Crippen molar-refractivity contribution in [3.05, 3.63) is 71.3 Å². The lowest BCUT2D eigenvalue weighted by molar-refractivity contribution is -0.122. The maximum atomic E-state index is 11.6. The SMILES string of the molecule is C1CC1.C=N/C(=C(\C)c1ccccc1)c1ccc(C)cc1.CC.CC(=O)CCCCCNC(=O)CC1CCCC1.CCCCCCC.CCN. The number of hydrogen-bond donors (Lipinski definition) is 2. The van der Waals surface area contributed by atoms with E-state index >= 15 is 0 Å². The van der Waals surface area contributed by atoms with Crippen molar-refractivity contribution in [2.75, 3.05) is 13.1 Å². The topological polar surface area (TPSA) is 84.5 Å². The predicted molar refractivity (Wildman–Crippen MR) is 223 cm³/mol. The second-order valence-corrected chi connectivity index (χ2v) is 13.1. The van der Waals surface area contributed by atoms with Gasteiger partial charge in [0.1, 0.15) is 5.78 Å². The predicted octanol–water partition coefficient (Wildman–Crippen LogP) is 12.6. The maximum Gasteiger partial charge on any atom is 0.220 e. The van der Waals surface area contributed by atoms with E-state index in [1.807, 2.05) is 39.0 Å². The Bertz CT molecular complexity index is 1090. The highest BCUT2D eigenvalue weighted by molar-refractivity contribution is 5.90. The van der Waals surface area contributed by atoms with Crippen molar-refractivity contribution in [1.29, 1.82) is 0 Å². The van der Waals surface area contributed by atoms with Gasteiger partial charge in [0.2, 0.25) is 5.91 Å². The van der Waals surface area contributed by atoms with Crippen molar-refractivity contribution >= 4 is 29.7 Å². The third-order valence-electron chi connectivity index (χ3n) is 8.08. The van der Waals surface area contributed by atoms with E-state index in [9.17, 15) is 9.59 Å². The number of nitrogens with zero attached hydrogens (tertiary/aromatic N) is 1. The number of carbonyl (C=O) groups is 2. The molecule has 2 aliphatic rings. The van der Waals surface area contributed by atoms with Gasteiger partial charge in [-0.1, -0.05) is 165 Å². The number of carbonyl (C=O) groups excluding carboxylic acids is 2. The van der Waals surface area contributed by atoms with Crippen LogP contribution in [0.25, 0.3) is 11.3 Å². The van der Waals surface area contributed by atoms with Gasteiger partial charge >= 0.3 is 0 Å². The highest BCUT2D eigenvalue weighted by Crippen LogP contribution is 2.28. The van der Waals surface area contributed by atoms with Crippen molar-refractivity contribution in [2.24, 2.45) is 16.6 Å². The number of ketones is 1. The minimum absolute atomic E-state index is 0.212. The van der Waals surface area contributed by atoms with E-state index in [1.54, 1.807) is 6.92 Å². The van der Waals surface area contributed by atoms with Crippen LogP contribution in [0.3, 0.4) is 0 Å². The van der Waals surface area contributed by atoms with E-state index in [4.69, 9.17) is 5.73 Å². The van der Waals surface area contributed by atoms with Crippen LogP contribution in [0, 0.1) is 12.8 Å². The van der Waals surface area contributed by atoms with Gasteiger partial charge in [-0.25, -0.2) is 0 Å². The number of hydrogen-bond acceptors (Lipinski definition) is 4. The highest BCUT2D eigenvalue weighted by Gasteiger charge is 2.17. The van der Waals surface area contributed by atoms with Crippen molar-refractivity contribution < 1.29 is 9.59 Å². The lowest BCUT2D eigenvalue weighted by atomic mass is 10.0. The third-order valence-corrected chi connectivity index (χ3v) is 8.08. The molecule has 2 aliphatic carbocycles. The normalized spacial score (nSPS) is 13.0. The fraction of sp³-hybridized carbons (Fsp3) is 0.622.